The molecule has 0 spiro atoms. The Hall–Kier alpha value is -2.90. The van der Waals surface area contributed by atoms with Crippen LogP contribution in [-0.2, 0) is 33.8 Å². The lowest BCUT2D eigenvalue weighted by Crippen LogP contribution is -2.34. The highest BCUT2D eigenvalue weighted by Crippen LogP contribution is 2.29. The molecule has 0 saturated carbocycles. The number of rotatable bonds is 8. The van der Waals surface area contributed by atoms with E-state index in [4.69, 9.17) is 14.6 Å². The molecule has 1 amide bonds. The first-order chi connectivity index (χ1) is 13.6. The molecule has 0 fully saturated rings. The van der Waals surface area contributed by atoms with E-state index < -0.39 is 12.1 Å². The average molecular weight is 384 g/mol. The fraction of sp³-hybridized carbons (Fsp3) is 0.333. The third kappa shape index (κ3) is 4.88. The summed E-state index contributed by atoms with van der Waals surface area (Å²) in [4.78, 5) is 25.2. The summed E-state index contributed by atoms with van der Waals surface area (Å²) in [5, 5.41) is 12.1. The van der Waals surface area contributed by atoms with E-state index in [-0.39, 0.29) is 19.2 Å². The number of fused-ring (bicyclic) bond motifs is 1. The first kappa shape index (κ1) is 19.9. The zero-order chi connectivity index (χ0) is 19.9. The van der Waals surface area contributed by atoms with E-state index in [9.17, 15) is 9.59 Å². The van der Waals surface area contributed by atoms with Gasteiger partial charge in [-0.2, -0.15) is 0 Å². The van der Waals surface area contributed by atoms with E-state index in [1.165, 1.54) is 7.11 Å². The number of anilines is 1. The fourth-order valence-electron chi connectivity index (χ4n) is 3.14. The van der Waals surface area contributed by atoms with E-state index in [1.54, 1.807) is 4.90 Å². The Labute approximate surface area is 163 Å². The topological polar surface area (TPSA) is 88.1 Å². The van der Waals surface area contributed by atoms with Crippen LogP contribution in [0, 0.1) is 0 Å². The van der Waals surface area contributed by atoms with Crippen molar-refractivity contribution < 1.29 is 24.2 Å². The normalized spacial score (nSPS) is 13.8. The summed E-state index contributed by atoms with van der Waals surface area (Å²) < 4.78 is 10.4. The van der Waals surface area contributed by atoms with Gasteiger partial charge in [-0.15, -0.1) is 0 Å². The second-order valence-corrected chi connectivity index (χ2v) is 6.60. The molecule has 1 aliphatic rings. The number of benzene rings is 2. The zero-order valence-corrected chi connectivity index (χ0v) is 15.8. The molecular weight excluding hydrogens is 360 g/mol. The number of aliphatic carboxylic acids is 1. The number of carboxylic acids is 1. The number of carbonyl (C=O) groups is 2. The first-order valence-electron chi connectivity index (χ1n) is 9.15. The highest BCUT2D eigenvalue weighted by atomic mass is 16.6. The van der Waals surface area contributed by atoms with Gasteiger partial charge in [0, 0.05) is 26.7 Å². The van der Waals surface area contributed by atoms with Crippen LogP contribution in [0.5, 0.6) is 0 Å². The molecule has 1 aliphatic heterocycles. The van der Waals surface area contributed by atoms with Crippen LogP contribution in [-0.4, -0.2) is 43.5 Å². The molecule has 0 saturated heterocycles. The molecule has 148 valence electrons. The first-order valence-corrected chi connectivity index (χ1v) is 9.15. The lowest BCUT2D eigenvalue weighted by Gasteiger charge is -2.18. The maximum Gasteiger partial charge on any atom is 0.414 e. The molecule has 0 aliphatic carbocycles. The molecule has 1 unspecified atom stereocenters. The van der Waals surface area contributed by atoms with Crippen molar-refractivity contribution in [3.05, 3.63) is 65.2 Å². The molecule has 1 heterocycles. The lowest BCUT2D eigenvalue weighted by atomic mass is 10.1. The smallest absolute Gasteiger partial charge is 0.414 e. The van der Waals surface area contributed by atoms with Crippen molar-refractivity contribution in [3.8, 4) is 0 Å². The van der Waals surface area contributed by atoms with Crippen molar-refractivity contribution in [2.24, 2.45) is 0 Å². The minimum Gasteiger partial charge on any atom is -0.479 e. The third-order valence-corrected chi connectivity index (χ3v) is 4.69. The van der Waals surface area contributed by atoms with Crippen LogP contribution < -0.4 is 10.2 Å². The molecule has 0 bridgehead atoms. The van der Waals surface area contributed by atoms with Crippen molar-refractivity contribution in [1.82, 2.24) is 5.32 Å². The number of nitrogens with zero attached hydrogens (tertiary/aromatic N) is 1. The summed E-state index contributed by atoms with van der Waals surface area (Å²) in [5.74, 6) is -1.00. The highest BCUT2D eigenvalue weighted by Gasteiger charge is 2.26. The minimum atomic E-state index is -1.00. The molecular formula is C21H24N2O5. The maximum atomic E-state index is 12.5. The van der Waals surface area contributed by atoms with Gasteiger partial charge >= 0.3 is 12.1 Å². The Kier molecular flexibility index (Phi) is 6.62. The molecule has 28 heavy (non-hydrogen) atoms. The fourth-order valence-corrected chi connectivity index (χ4v) is 3.14. The van der Waals surface area contributed by atoms with Crippen molar-refractivity contribution >= 4 is 17.7 Å². The summed E-state index contributed by atoms with van der Waals surface area (Å²) in [5.41, 5.74) is 3.85. The number of carbonyl (C=O) groups excluding carboxylic acids is 1. The second kappa shape index (κ2) is 9.34. The highest BCUT2D eigenvalue weighted by molar-refractivity contribution is 5.90. The predicted molar refractivity (Wildman–Crippen MR) is 104 cm³/mol. The van der Waals surface area contributed by atoms with Gasteiger partial charge in [-0.1, -0.05) is 42.5 Å². The number of hydrogen-bond acceptors (Lipinski definition) is 5. The molecule has 7 nitrogen and oxygen atoms in total. The van der Waals surface area contributed by atoms with E-state index in [2.05, 4.69) is 5.32 Å². The Bertz CT molecular complexity index is 825. The summed E-state index contributed by atoms with van der Waals surface area (Å²) >= 11 is 0. The Morgan fingerprint density at radius 2 is 1.96 bits per heavy atom. The van der Waals surface area contributed by atoms with E-state index >= 15 is 0 Å². The van der Waals surface area contributed by atoms with Gasteiger partial charge < -0.3 is 19.9 Å². The Morgan fingerprint density at radius 3 is 2.68 bits per heavy atom. The third-order valence-electron chi connectivity index (χ3n) is 4.69. The van der Waals surface area contributed by atoms with Crippen LogP contribution in [0.2, 0.25) is 0 Å². The van der Waals surface area contributed by atoms with Gasteiger partial charge in [0.05, 0.1) is 5.69 Å². The van der Waals surface area contributed by atoms with Gasteiger partial charge in [0.2, 0.25) is 0 Å². The van der Waals surface area contributed by atoms with Crippen LogP contribution in [0.1, 0.15) is 16.7 Å². The van der Waals surface area contributed by atoms with Crippen LogP contribution >= 0.6 is 0 Å². The van der Waals surface area contributed by atoms with Crippen LogP contribution in [0.15, 0.2) is 48.5 Å². The lowest BCUT2D eigenvalue weighted by molar-refractivity contribution is -0.148. The zero-order valence-electron chi connectivity index (χ0n) is 15.8. The van der Waals surface area contributed by atoms with Gasteiger partial charge in [0.1, 0.15) is 6.61 Å². The number of amides is 1. The molecule has 2 N–H and O–H groups in total. The van der Waals surface area contributed by atoms with E-state index in [0.29, 0.717) is 13.1 Å². The summed E-state index contributed by atoms with van der Waals surface area (Å²) in [6.07, 6.45) is -0.467. The van der Waals surface area contributed by atoms with Gasteiger partial charge in [0.25, 0.3) is 0 Å². The molecule has 0 radical (unpaired) electrons. The Morgan fingerprint density at radius 1 is 1.18 bits per heavy atom. The standard InChI is InChI=1S/C21H24N2O5/c1-27-19(20(24)25)13-22-12-16-7-8-17-9-10-23(18(17)11-16)21(26)28-14-15-5-3-2-4-6-15/h2-8,11,19,22H,9-10,12-14H2,1H3,(H,24,25). The second-order valence-electron chi connectivity index (χ2n) is 6.60. The van der Waals surface area contributed by atoms with Crippen LogP contribution in [0.3, 0.4) is 0 Å². The van der Waals surface area contributed by atoms with Crippen LogP contribution in [0.4, 0.5) is 10.5 Å². The molecule has 7 heteroatoms. The minimum absolute atomic E-state index is 0.200. The maximum absolute atomic E-state index is 12.5. The van der Waals surface area contributed by atoms with Gasteiger partial charge in [-0.25, -0.2) is 9.59 Å². The number of methoxy groups -OCH3 is 1. The van der Waals surface area contributed by atoms with Gasteiger partial charge in [0.15, 0.2) is 6.10 Å². The van der Waals surface area contributed by atoms with Gasteiger partial charge in [-0.05, 0) is 29.2 Å². The van der Waals surface area contributed by atoms with Crippen molar-refractivity contribution in [3.63, 3.8) is 0 Å². The summed E-state index contributed by atoms with van der Waals surface area (Å²) in [6, 6.07) is 15.5. The van der Waals surface area contributed by atoms with Crippen molar-refractivity contribution in [2.45, 2.75) is 25.7 Å². The van der Waals surface area contributed by atoms with E-state index in [1.807, 2.05) is 48.5 Å². The average Bonchev–Trinajstić information content (AvgIpc) is 3.13. The summed E-state index contributed by atoms with van der Waals surface area (Å²) in [6.45, 7) is 1.50. The predicted octanol–water partition coefficient (Wildman–Crippen LogP) is 2.58. The largest absolute Gasteiger partial charge is 0.479 e. The molecule has 3 rings (SSSR count). The number of hydrogen-bond donors (Lipinski definition) is 2. The number of carboxylic acid groups (broad SMARTS) is 1. The van der Waals surface area contributed by atoms with Crippen molar-refractivity contribution in [1.29, 1.82) is 0 Å². The quantitative estimate of drug-likeness (QED) is 0.727. The molecule has 1 atom stereocenters. The van der Waals surface area contributed by atoms with E-state index in [0.717, 1.165) is 28.8 Å². The molecule has 2 aromatic carbocycles. The van der Waals surface area contributed by atoms with Gasteiger partial charge in [-0.3, -0.25) is 4.90 Å². The molecule has 0 aromatic heterocycles. The Balaban J connectivity index is 1.59. The molecule has 2 aromatic rings. The van der Waals surface area contributed by atoms with Crippen LogP contribution in [0.25, 0.3) is 0 Å². The summed E-state index contributed by atoms with van der Waals surface area (Å²) in [7, 11) is 1.37. The SMILES string of the molecule is COC(CNCc1ccc2c(c1)N(C(=O)OCc1ccccc1)CC2)C(=O)O. The van der Waals surface area contributed by atoms with Crippen molar-refractivity contribution in [2.75, 3.05) is 25.1 Å². The monoisotopic (exact) mass is 384 g/mol. The number of ether oxygens (including phenoxy) is 2. The number of nitrogens with one attached hydrogen (secondary N) is 1.